The Balaban J connectivity index is 1.77. The van der Waals surface area contributed by atoms with Crippen molar-refractivity contribution in [3.8, 4) is 5.75 Å². The summed E-state index contributed by atoms with van der Waals surface area (Å²) in [6.45, 7) is 2.40. The van der Waals surface area contributed by atoms with Crippen LogP contribution in [0.25, 0.3) is 0 Å². The van der Waals surface area contributed by atoms with Crippen LogP contribution in [0.15, 0.2) is 78.9 Å². The molecule has 39 heavy (non-hydrogen) atoms. The van der Waals surface area contributed by atoms with Crippen molar-refractivity contribution in [1.82, 2.24) is 10.6 Å². The molecule has 0 radical (unpaired) electrons. The highest BCUT2D eigenvalue weighted by Gasteiger charge is 2.44. The maximum absolute atomic E-state index is 13.4. The van der Waals surface area contributed by atoms with Crippen LogP contribution >= 0.6 is 0 Å². The molecular formula is C30H37N5O4. The van der Waals surface area contributed by atoms with Crippen molar-refractivity contribution < 1.29 is 19.4 Å². The number of rotatable bonds is 15. The standard InChI is InChI=1S/C30H37N5O4/c1-21(28(37)34-19-23-7-11-25(12-8-23)27(31)32)30(29(33)38,16-15-22-5-3-2-4-6-22)35-20-24-9-13-26(14-10-24)39-18-17-36/h2-14,21,35-36H,15-20H2,1H3,(H3,31,32)(H2,33,38)(H,34,37)/t21-,30?/m1/s1. The summed E-state index contributed by atoms with van der Waals surface area (Å²) in [5, 5.41) is 22.7. The van der Waals surface area contributed by atoms with Crippen LogP contribution in [0, 0.1) is 11.3 Å². The van der Waals surface area contributed by atoms with E-state index in [9.17, 15) is 9.59 Å². The molecule has 3 rings (SSSR count). The summed E-state index contributed by atoms with van der Waals surface area (Å²) >= 11 is 0. The Morgan fingerprint density at radius 1 is 0.923 bits per heavy atom. The van der Waals surface area contributed by atoms with Gasteiger partial charge in [-0.15, -0.1) is 0 Å². The molecule has 0 bridgehead atoms. The fourth-order valence-electron chi connectivity index (χ4n) is 4.36. The minimum atomic E-state index is -1.32. The third kappa shape index (κ3) is 8.13. The van der Waals surface area contributed by atoms with E-state index >= 15 is 0 Å². The molecule has 0 aliphatic carbocycles. The molecule has 9 heteroatoms. The minimum absolute atomic E-state index is 0.0257. The van der Waals surface area contributed by atoms with Crippen molar-refractivity contribution in [3.63, 3.8) is 0 Å². The van der Waals surface area contributed by atoms with Crippen LogP contribution < -0.4 is 26.8 Å². The van der Waals surface area contributed by atoms with E-state index in [4.69, 9.17) is 26.7 Å². The van der Waals surface area contributed by atoms with Gasteiger partial charge in [0.1, 0.15) is 23.7 Å². The van der Waals surface area contributed by atoms with E-state index in [2.05, 4.69) is 10.6 Å². The SMILES string of the molecule is C[C@H](C(=O)NCc1ccc(C(=N)N)cc1)C(CCc1ccccc1)(NCc1ccc(OCCO)cc1)C(N)=O. The molecule has 8 N–H and O–H groups in total. The lowest BCUT2D eigenvalue weighted by molar-refractivity contribution is -0.136. The molecule has 1 unspecified atom stereocenters. The zero-order valence-corrected chi connectivity index (χ0v) is 22.2. The number of benzene rings is 3. The minimum Gasteiger partial charge on any atom is -0.491 e. The van der Waals surface area contributed by atoms with Gasteiger partial charge in [-0.25, -0.2) is 0 Å². The molecule has 0 aliphatic rings. The zero-order valence-electron chi connectivity index (χ0n) is 22.2. The molecule has 2 atom stereocenters. The second kappa shape index (κ2) is 14.1. The zero-order chi connectivity index (χ0) is 28.3. The lowest BCUT2D eigenvalue weighted by atomic mass is 9.78. The number of nitrogens with two attached hydrogens (primary N) is 2. The van der Waals surface area contributed by atoms with Gasteiger partial charge in [-0.05, 0) is 41.7 Å². The third-order valence-electron chi connectivity index (χ3n) is 6.85. The number of carbonyl (C=O) groups is 2. The molecule has 9 nitrogen and oxygen atoms in total. The monoisotopic (exact) mass is 531 g/mol. The summed E-state index contributed by atoms with van der Waals surface area (Å²) < 4.78 is 5.42. The lowest BCUT2D eigenvalue weighted by Gasteiger charge is -2.37. The van der Waals surface area contributed by atoms with Crippen molar-refractivity contribution >= 4 is 17.6 Å². The first kappa shape index (κ1) is 29.3. The van der Waals surface area contributed by atoms with Gasteiger partial charge in [0.2, 0.25) is 11.8 Å². The number of amidine groups is 1. The van der Waals surface area contributed by atoms with E-state index in [0.29, 0.717) is 30.7 Å². The topological polar surface area (TPSA) is 164 Å². The normalized spacial score (nSPS) is 13.2. The van der Waals surface area contributed by atoms with E-state index in [1.165, 1.54) is 0 Å². The van der Waals surface area contributed by atoms with Crippen LogP contribution in [0.4, 0.5) is 0 Å². The fourth-order valence-corrected chi connectivity index (χ4v) is 4.36. The van der Waals surface area contributed by atoms with Gasteiger partial charge in [0.15, 0.2) is 0 Å². The van der Waals surface area contributed by atoms with Crippen LogP contribution in [0.5, 0.6) is 5.75 Å². The molecule has 0 heterocycles. The molecule has 206 valence electrons. The Morgan fingerprint density at radius 3 is 2.13 bits per heavy atom. The van der Waals surface area contributed by atoms with Crippen LogP contribution in [0.2, 0.25) is 0 Å². The number of aliphatic hydroxyl groups is 1. The van der Waals surface area contributed by atoms with Gasteiger partial charge in [0.05, 0.1) is 12.5 Å². The lowest BCUT2D eigenvalue weighted by Crippen LogP contribution is -2.62. The molecule has 0 saturated heterocycles. The van der Waals surface area contributed by atoms with Crippen LogP contribution in [0.1, 0.15) is 35.6 Å². The van der Waals surface area contributed by atoms with Crippen molar-refractivity contribution in [2.45, 2.75) is 38.4 Å². The third-order valence-corrected chi connectivity index (χ3v) is 6.85. The Labute approximate surface area is 229 Å². The molecule has 0 saturated carbocycles. The van der Waals surface area contributed by atoms with Crippen molar-refractivity contribution in [2.24, 2.45) is 17.4 Å². The number of nitrogen functional groups attached to an aromatic ring is 1. The molecule has 3 aromatic rings. The molecular weight excluding hydrogens is 494 g/mol. The van der Waals surface area contributed by atoms with E-state index in [0.717, 1.165) is 16.7 Å². The molecule has 0 fully saturated rings. The second-order valence-electron chi connectivity index (χ2n) is 9.44. The Bertz CT molecular complexity index is 1230. The molecule has 0 aliphatic heterocycles. The van der Waals surface area contributed by atoms with Gasteiger partial charge < -0.3 is 26.6 Å². The predicted molar refractivity (Wildman–Crippen MR) is 151 cm³/mol. The average molecular weight is 532 g/mol. The summed E-state index contributed by atoms with van der Waals surface area (Å²) in [6.07, 6.45) is 0.876. The summed E-state index contributed by atoms with van der Waals surface area (Å²) in [5.41, 5.74) is 13.6. The van der Waals surface area contributed by atoms with E-state index in [1.807, 2.05) is 42.5 Å². The van der Waals surface area contributed by atoms with Gasteiger partial charge in [-0.3, -0.25) is 20.3 Å². The molecule has 2 amide bonds. The first-order chi connectivity index (χ1) is 18.7. The Kier molecular flexibility index (Phi) is 10.6. The number of aryl methyl sites for hydroxylation is 1. The maximum atomic E-state index is 13.4. The van der Waals surface area contributed by atoms with Crippen LogP contribution in [0.3, 0.4) is 0 Å². The van der Waals surface area contributed by atoms with Crippen molar-refractivity contribution in [1.29, 1.82) is 5.41 Å². The van der Waals surface area contributed by atoms with Crippen LogP contribution in [-0.2, 0) is 29.1 Å². The summed E-state index contributed by atoms with van der Waals surface area (Å²) in [4.78, 5) is 26.4. The number of primary amides is 1. The van der Waals surface area contributed by atoms with Gasteiger partial charge in [-0.2, -0.15) is 0 Å². The highest BCUT2D eigenvalue weighted by Crippen LogP contribution is 2.26. The quantitative estimate of drug-likeness (QED) is 0.130. The highest BCUT2D eigenvalue weighted by molar-refractivity contribution is 5.95. The average Bonchev–Trinajstić information content (AvgIpc) is 2.95. The molecule has 0 spiro atoms. The predicted octanol–water partition coefficient (Wildman–Crippen LogP) is 2.24. The maximum Gasteiger partial charge on any atom is 0.238 e. The Morgan fingerprint density at radius 2 is 1.54 bits per heavy atom. The number of carbonyl (C=O) groups excluding carboxylic acids is 2. The van der Waals surface area contributed by atoms with E-state index < -0.39 is 17.4 Å². The number of amides is 2. The highest BCUT2D eigenvalue weighted by atomic mass is 16.5. The van der Waals surface area contributed by atoms with Crippen LogP contribution in [-0.4, -0.2) is 41.5 Å². The first-order valence-electron chi connectivity index (χ1n) is 12.9. The molecule has 3 aromatic carbocycles. The first-order valence-corrected chi connectivity index (χ1v) is 12.9. The summed E-state index contributed by atoms with van der Waals surface area (Å²) in [6, 6.07) is 24.1. The largest absolute Gasteiger partial charge is 0.491 e. The summed E-state index contributed by atoms with van der Waals surface area (Å²) in [5.74, 6) is -1.08. The van der Waals surface area contributed by atoms with Crippen molar-refractivity contribution in [2.75, 3.05) is 13.2 Å². The molecule has 0 aromatic heterocycles. The number of hydrogen-bond acceptors (Lipinski definition) is 6. The van der Waals surface area contributed by atoms with Gasteiger partial charge >= 0.3 is 0 Å². The number of nitrogens with one attached hydrogen (secondary N) is 3. The van der Waals surface area contributed by atoms with Gasteiger partial charge in [-0.1, -0.05) is 73.7 Å². The van der Waals surface area contributed by atoms with Crippen molar-refractivity contribution in [3.05, 3.63) is 101 Å². The van der Waals surface area contributed by atoms with E-state index in [1.54, 1.807) is 43.3 Å². The van der Waals surface area contributed by atoms with E-state index in [-0.39, 0.29) is 31.5 Å². The fraction of sp³-hybridized carbons (Fsp3) is 0.300. The smallest absolute Gasteiger partial charge is 0.238 e. The van der Waals surface area contributed by atoms with Gasteiger partial charge in [0.25, 0.3) is 0 Å². The number of ether oxygens (including phenoxy) is 1. The second-order valence-corrected chi connectivity index (χ2v) is 9.44. The number of hydrogen-bond donors (Lipinski definition) is 6. The summed E-state index contributed by atoms with van der Waals surface area (Å²) in [7, 11) is 0. The number of aliphatic hydroxyl groups excluding tert-OH is 1. The van der Waals surface area contributed by atoms with Gasteiger partial charge in [0, 0.05) is 18.7 Å². The Hall–Kier alpha value is -4.21.